The topological polar surface area (TPSA) is 54.5 Å². The van der Waals surface area contributed by atoms with Gasteiger partial charge >= 0.3 is 0 Å². The van der Waals surface area contributed by atoms with Gasteiger partial charge in [0.2, 0.25) is 5.91 Å². The molecule has 1 atom stereocenters. The van der Waals surface area contributed by atoms with E-state index in [-0.39, 0.29) is 17.7 Å². The summed E-state index contributed by atoms with van der Waals surface area (Å²) in [6.45, 7) is 0.583. The third-order valence-corrected chi connectivity index (χ3v) is 6.71. The molecule has 0 aromatic heterocycles. The number of likely N-dealkylation sites (tertiary alicyclic amines) is 1. The van der Waals surface area contributed by atoms with Crippen molar-refractivity contribution in [1.29, 1.82) is 0 Å². The Bertz CT molecular complexity index is 882. The van der Waals surface area contributed by atoms with Crippen LogP contribution >= 0.6 is 27.5 Å². The monoisotopic (exact) mass is 455 g/mol. The SMILES string of the molecule is O=C(CS(=O)(=O)Cc1ccc(Br)cc1)N1CCCC1c1ccc(Cl)cc1. The third-order valence-electron chi connectivity index (χ3n) is 4.47. The van der Waals surface area contributed by atoms with Crippen LogP contribution in [0.1, 0.15) is 30.0 Å². The average molecular weight is 457 g/mol. The molecule has 3 rings (SSSR count). The van der Waals surface area contributed by atoms with Crippen molar-refractivity contribution in [2.24, 2.45) is 0 Å². The molecule has 0 radical (unpaired) electrons. The zero-order valence-electron chi connectivity index (χ0n) is 14.1. The zero-order valence-corrected chi connectivity index (χ0v) is 17.2. The molecule has 1 aliphatic heterocycles. The second-order valence-corrected chi connectivity index (χ2v) is 9.87. The van der Waals surface area contributed by atoms with E-state index in [1.807, 2.05) is 12.1 Å². The summed E-state index contributed by atoms with van der Waals surface area (Å²) in [5.41, 5.74) is 1.67. The van der Waals surface area contributed by atoms with Crippen LogP contribution in [0.5, 0.6) is 0 Å². The van der Waals surface area contributed by atoms with Crippen LogP contribution in [0.15, 0.2) is 53.0 Å². The normalized spacial score (nSPS) is 17.5. The van der Waals surface area contributed by atoms with Crippen LogP contribution < -0.4 is 0 Å². The lowest BCUT2D eigenvalue weighted by Gasteiger charge is -2.25. The van der Waals surface area contributed by atoms with Crippen molar-refractivity contribution in [3.8, 4) is 0 Å². The van der Waals surface area contributed by atoms with E-state index in [1.165, 1.54) is 0 Å². The summed E-state index contributed by atoms with van der Waals surface area (Å²) in [6, 6.07) is 14.4. The van der Waals surface area contributed by atoms with E-state index in [9.17, 15) is 13.2 Å². The minimum atomic E-state index is -3.52. The van der Waals surface area contributed by atoms with E-state index in [1.54, 1.807) is 41.3 Å². The summed E-state index contributed by atoms with van der Waals surface area (Å²) < 4.78 is 25.8. The van der Waals surface area contributed by atoms with Crippen molar-refractivity contribution in [2.45, 2.75) is 24.6 Å². The third kappa shape index (κ3) is 4.87. The smallest absolute Gasteiger partial charge is 0.238 e. The number of rotatable bonds is 5. The van der Waals surface area contributed by atoms with Crippen molar-refractivity contribution >= 4 is 43.3 Å². The Morgan fingerprint density at radius 2 is 1.77 bits per heavy atom. The van der Waals surface area contributed by atoms with Gasteiger partial charge in [0.05, 0.1) is 11.8 Å². The number of carbonyl (C=O) groups is 1. The number of hydrogen-bond acceptors (Lipinski definition) is 3. The molecule has 0 aliphatic carbocycles. The molecule has 1 heterocycles. The first kappa shape index (κ1) is 19.4. The van der Waals surface area contributed by atoms with E-state index in [2.05, 4.69) is 15.9 Å². The molecule has 1 amide bonds. The maximum Gasteiger partial charge on any atom is 0.238 e. The lowest BCUT2D eigenvalue weighted by atomic mass is 10.0. The van der Waals surface area contributed by atoms with Gasteiger partial charge in [0.1, 0.15) is 5.75 Å². The molecule has 4 nitrogen and oxygen atoms in total. The fourth-order valence-corrected chi connectivity index (χ4v) is 4.99. The summed E-state index contributed by atoms with van der Waals surface area (Å²) in [7, 11) is -3.52. The molecule has 138 valence electrons. The van der Waals surface area contributed by atoms with Crippen LogP contribution in [0.25, 0.3) is 0 Å². The van der Waals surface area contributed by atoms with Gasteiger partial charge in [0, 0.05) is 16.0 Å². The van der Waals surface area contributed by atoms with Crippen LogP contribution in [0.3, 0.4) is 0 Å². The van der Waals surface area contributed by atoms with E-state index in [0.717, 1.165) is 22.9 Å². The number of sulfone groups is 1. The molecule has 7 heteroatoms. The van der Waals surface area contributed by atoms with E-state index in [0.29, 0.717) is 17.1 Å². The van der Waals surface area contributed by atoms with Crippen molar-refractivity contribution < 1.29 is 13.2 Å². The fourth-order valence-electron chi connectivity index (χ4n) is 3.25. The number of hydrogen-bond donors (Lipinski definition) is 0. The van der Waals surface area contributed by atoms with Gasteiger partial charge in [-0.05, 0) is 48.2 Å². The first-order valence-corrected chi connectivity index (χ1v) is 11.3. The Hall–Kier alpha value is -1.37. The quantitative estimate of drug-likeness (QED) is 0.671. The molecule has 1 aliphatic rings. The van der Waals surface area contributed by atoms with Crippen molar-refractivity contribution in [3.05, 3.63) is 69.2 Å². The van der Waals surface area contributed by atoms with Gasteiger partial charge in [0.15, 0.2) is 9.84 Å². The van der Waals surface area contributed by atoms with Crippen LogP contribution in [0.4, 0.5) is 0 Å². The minimum Gasteiger partial charge on any atom is -0.335 e. The summed E-state index contributed by atoms with van der Waals surface area (Å²) in [6.07, 6.45) is 1.70. The maximum atomic E-state index is 12.7. The Labute approximate surface area is 167 Å². The second-order valence-electron chi connectivity index (χ2n) is 6.46. The molecule has 1 fully saturated rings. The number of amides is 1. The lowest BCUT2D eigenvalue weighted by Crippen LogP contribution is -2.35. The highest BCUT2D eigenvalue weighted by molar-refractivity contribution is 9.10. The van der Waals surface area contributed by atoms with Gasteiger partial charge in [-0.15, -0.1) is 0 Å². The molecule has 1 saturated heterocycles. The predicted octanol–water partition coefficient (Wildman–Crippen LogP) is 4.38. The maximum absolute atomic E-state index is 12.7. The first-order valence-electron chi connectivity index (χ1n) is 8.34. The summed E-state index contributed by atoms with van der Waals surface area (Å²) in [4.78, 5) is 14.4. The molecule has 0 bridgehead atoms. The van der Waals surface area contributed by atoms with Gasteiger partial charge in [-0.25, -0.2) is 8.42 Å². The average Bonchev–Trinajstić information content (AvgIpc) is 3.07. The number of carbonyl (C=O) groups excluding carboxylic acids is 1. The van der Waals surface area contributed by atoms with Crippen LogP contribution in [0, 0.1) is 0 Å². The molecule has 2 aromatic carbocycles. The van der Waals surface area contributed by atoms with Crippen molar-refractivity contribution in [1.82, 2.24) is 4.90 Å². The number of benzene rings is 2. The highest BCUT2D eigenvalue weighted by atomic mass is 79.9. The van der Waals surface area contributed by atoms with Crippen molar-refractivity contribution in [3.63, 3.8) is 0 Å². The van der Waals surface area contributed by atoms with Gasteiger partial charge in [-0.3, -0.25) is 4.79 Å². The van der Waals surface area contributed by atoms with Crippen LogP contribution in [-0.4, -0.2) is 31.5 Å². The van der Waals surface area contributed by atoms with Gasteiger partial charge < -0.3 is 4.90 Å². The van der Waals surface area contributed by atoms with Gasteiger partial charge in [-0.2, -0.15) is 0 Å². The molecule has 0 N–H and O–H groups in total. The first-order chi connectivity index (χ1) is 12.3. The zero-order chi connectivity index (χ0) is 18.7. The Kier molecular flexibility index (Phi) is 6.05. The summed E-state index contributed by atoms with van der Waals surface area (Å²) in [5.74, 6) is -0.932. The molecular formula is C19H19BrClNO3S. The number of halogens is 2. The molecule has 1 unspecified atom stereocenters. The standard InChI is InChI=1S/C19H19BrClNO3S/c20-16-7-3-14(4-8-16)12-26(24,25)13-19(23)22-11-1-2-18(22)15-5-9-17(21)10-6-15/h3-10,18H,1-2,11-13H2. The predicted molar refractivity (Wildman–Crippen MR) is 107 cm³/mol. The summed E-state index contributed by atoms with van der Waals surface area (Å²) >= 11 is 9.25. The van der Waals surface area contributed by atoms with Crippen LogP contribution in [0.2, 0.25) is 5.02 Å². The second kappa shape index (κ2) is 8.11. The van der Waals surface area contributed by atoms with E-state index >= 15 is 0 Å². The largest absolute Gasteiger partial charge is 0.335 e. The van der Waals surface area contributed by atoms with Crippen molar-refractivity contribution in [2.75, 3.05) is 12.3 Å². The summed E-state index contributed by atoms with van der Waals surface area (Å²) in [5, 5.41) is 0.640. The van der Waals surface area contributed by atoms with Gasteiger partial charge in [0.25, 0.3) is 0 Å². The Balaban J connectivity index is 1.69. The molecule has 0 saturated carbocycles. The van der Waals surface area contributed by atoms with Gasteiger partial charge in [-0.1, -0.05) is 51.8 Å². The highest BCUT2D eigenvalue weighted by Gasteiger charge is 2.32. The van der Waals surface area contributed by atoms with Crippen LogP contribution in [-0.2, 0) is 20.4 Å². The van der Waals surface area contributed by atoms with E-state index < -0.39 is 15.6 Å². The Morgan fingerprint density at radius 1 is 1.12 bits per heavy atom. The molecular weight excluding hydrogens is 438 g/mol. The Morgan fingerprint density at radius 3 is 2.42 bits per heavy atom. The molecule has 2 aromatic rings. The molecule has 0 spiro atoms. The lowest BCUT2D eigenvalue weighted by molar-refractivity contribution is -0.129. The number of nitrogens with zero attached hydrogens (tertiary/aromatic N) is 1. The molecule has 26 heavy (non-hydrogen) atoms. The van der Waals surface area contributed by atoms with E-state index in [4.69, 9.17) is 11.6 Å². The fraction of sp³-hybridized carbons (Fsp3) is 0.316. The minimum absolute atomic E-state index is 0.0809. The highest BCUT2D eigenvalue weighted by Crippen LogP contribution is 2.32.